The Morgan fingerprint density at radius 2 is 1.22 bits per heavy atom. The van der Waals surface area contributed by atoms with Gasteiger partial charge < -0.3 is 24.6 Å². The second-order valence-electron chi connectivity index (χ2n) is 11.4. The van der Waals surface area contributed by atoms with Gasteiger partial charge in [-0.25, -0.2) is 30.4 Å². The summed E-state index contributed by atoms with van der Waals surface area (Å²) in [6.07, 6.45) is -9.85. The molecule has 0 aliphatic heterocycles. The quantitative estimate of drug-likeness (QED) is 0.0767. The predicted octanol–water partition coefficient (Wildman–Crippen LogP) is 7.54. The van der Waals surface area contributed by atoms with Gasteiger partial charge in [0.05, 0.1) is 19.7 Å². The highest BCUT2D eigenvalue weighted by Crippen LogP contribution is 2.33. The summed E-state index contributed by atoms with van der Waals surface area (Å²) in [4.78, 5) is 12.4. The Labute approximate surface area is 308 Å². The van der Waals surface area contributed by atoms with Crippen LogP contribution in [0.15, 0.2) is 65.6 Å². The van der Waals surface area contributed by atoms with E-state index in [9.17, 15) is 71.7 Å². The van der Waals surface area contributed by atoms with Crippen LogP contribution in [0.3, 0.4) is 0 Å². The van der Waals surface area contributed by atoms with Crippen LogP contribution in [0.4, 0.5) is 54.0 Å². The third-order valence-corrected chi connectivity index (χ3v) is 9.35. The molecule has 2 N–H and O–H groups in total. The van der Waals surface area contributed by atoms with Gasteiger partial charge >= 0.3 is 12.4 Å². The van der Waals surface area contributed by atoms with Gasteiger partial charge in [-0.05, 0) is 41.5 Å². The highest BCUT2D eigenvalue weighted by atomic mass is 35.5. The van der Waals surface area contributed by atoms with E-state index in [-0.39, 0.29) is 31.7 Å². The van der Waals surface area contributed by atoms with E-state index in [1.807, 2.05) is 0 Å². The van der Waals surface area contributed by atoms with Gasteiger partial charge in [-0.2, -0.15) is 30.6 Å². The third-order valence-electron chi connectivity index (χ3n) is 7.29. The van der Waals surface area contributed by atoms with Crippen molar-refractivity contribution in [2.75, 3.05) is 24.7 Å². The molecule has 0 fully saturated rings. The van der Waals surface area contributed by atoms with Crippen molar-refractivity contribution in [2.24, 2.45) is 0 Å². The normalized spacial score (nSPS) is 12.3. The number of aromatic hydroxyl groups is 1. The Morgan fingerprint density at radius 3 is 1.69 bits per heavy atom. The lowest BCUT2D eigenvalue weighted by molar-refractivity contribution is -0.153. The number of alkyl halides is 6. The maximum Gasteiger partial charge on any atom is 0.422 e. The Morgan fingerprint density at radius 1 is 0.709 bits per heavy atom. The monoisotopic (exact) mass is 836 g/mol. The van der Waals surface area contributed by atoms with Gasteiger partial charge in [-0.3, -0.25) is 4.79 Å². The van der Waals surface area contributed by atoms with E-state index in [4.69, 9.17) is 11.6 Å². The average Bonchev–Trinajstić information content (AvgIpc) is 3.10. The molecule has 0 unspecified atom stereocenters. The molecule has 0 radical (unpaired) electrons. The molecule has 1 amide bonds. The summed E-state index contributed by atoms with van der Waals surface area (Å²) in [6, 6.07) is 10.2. The standard InChI is InChI=1S/C33H24ClF11N2O7S/c34-20-4-1-17(2-5-20)11-46(55(51,52)31-29(38)27(36)26(35)28(37)30(31)39)13-25(50)47(21-6-3-19(14-48)24(49)9-21)12-18-7-22(53-15-32(40,41)42)10-23(8-18)54-16-33(43,44)45/h1-10,48-49H,11-16H2. The van der Waals surface area contributed by atoms with Crippen molar-refractivity contribution >= 4 is 33.2 Å². The van der Waals surface area contributed by atoms with Crippen molar-refractivity contribution in [3.63, 3.8) is 0 Å². The van der Waals surface area contributed by atoms with Crippen LogP contribution in [-0.4, -0.2) is 61.0 Å². The van der Waals surface area contributed by atoms with Crippen LogP contribution >= 0.6 is 11.6 Å². The number of nitrogens with zero attached hydrogens (tertiary/aromatic N) is 2. The highest BCUT2D eigenvalue weighted by Gasteiger charge is 2.39. The molecule has 0 atom stereocenters. The lowest BCUT2D eigenvalue weighted by Gasteiger charge is -2.28. The van der Waals surface area contributed by atoms with Gasteiger partial charge in [0, 0.05) is 35.0 Å². The van der Waals surface area contributed by atoms with Crippen molar-refractivity contribution in [1.82, 2.24) is 4.31 Å². The molecule has 22 heteroatoms. The van der Waals surface area contributed by atoms with Crippen molar-refractivity contribution in [1.29, 1.82) is 0 Å². The fraction of sp³-hybridized carbons (Fsp3) is 0.242. The van der Waals surface area contributed by atoms with Crippen molar-refractivity contribution in [2.45, 2.75) is 36.9 Å². The van der Waals surface area contributed by atoms with E-state index in [1.54, 1.807) is 0 Å². The molecule has 55 heavy (non-hydrogen) atoms. The SMILES string of the molecule is O=C(CN(Cc1ccc(Cl)cc1)S(=O)(=O)c1c(F)c(F)c(F)c(F)c1F)N(Cc1cc(OCC(F)(F)F)cc(OCC(F)(F)F)c1)c1ccc(CO)c(O)c1. The number of aliphatic hydroxyl groups excluding tert-OH is 1. The molecular formula is C33H24ClF11N2O7S. The average molecular weight is 837 g/mol. The van der Waals surface area contributed by atoms with Crippen LogP contribution in [0, 0.1) is 29.1 Å². The maximum absolute atomic E-state index is 14.9. The van der Waals surface area contributed by atoms with E-state index in [2.05, 4.69) is 9.47 Å². The Hall–Kier alpha value is -4.86. The molecule has 0 saturated heterocycles. The topological polar surface area (TPSA) is 117 Å². The van der Waals surface area contributed by atoms with Crippen LogP contribution in [0.1, 0.15) is 16.7 Å². The van der Waals surface area contributed by atoms with Gasteiger partial charge in [-0.15, -0.1) is 0 Å². The zero-order valence-electron chi connectivity index (χ0n) is 27.3. The predicted molar refractivity (Wildman–Crippen MR) is 170 cm³/mol. The molecule has 0 aromatic heterocycles. The van der Waals surface area contributed by atoms with Crippen LogP contribution in [0.5, 0.6) is 17.2 Å². The van der Waals surface area contributed by atoms with Crippen molar-refractivity contribution in [3.05, 3.63) is 111 Å². The van der Waals surface area contributed by atoms with E-state index in [0.29, 0.717) is 11.0 Å². The number of benzene rings is 4. The number of halogens is 12. The first kappa shape index (κ1) is 42.9. The molecule has 0 aliphatic rings. The van der Waals surface area contributed by atoms with Crippen LogP contribution < -0.4 is 14.4 Å². The summed E-state index contributed by atoms with van der Waals surface area (Å²) in [5, 5.41) is 20.0. The molecule has 4 aromatic rings. The summed E-state index contributed by atoms with van der Waals surface area (Å²) in [6.45, 7) is -7.96. The van der Waals surface area contributed by atoms with Gasteiger partial charge in [-0.1, -0.05) is 29.8 Å². The molecule has 0 bridgehead atoms. The molecule has 0 aliphatic carbocycles. The lowest BCUT2D eigenvalue weighted by atomic mass is 10.1. The van der Waals surface area contributed by atoms with Gasteiger partial charge in [0.1, 0.15) is 17.2 Å². The minimum Gasteiger partial charge on any atom is -0.508 e. The summed E-state index contributed by atoms with van der Waals surface area (Å²) in [5.74, 6) is -17.0. The Kier molecular flexibility index (Phi) is 13.2. The Bertz CT molecular complexity index is 2090. The summed E-state index contributed by atoms with van der Waals surface area (Å²) in [5.41, 5.74) is -0.844. The Balaban J connectivity index is 1.86. The van der Waals surface area contributed by atoms with Crippen LogP contribution in [-0.2, 0) is 34.5 Å². The fourth-order valence-electron chi connectivity index (χ4n) is 4.77. The molecular weight excluding hydrogens is 813 g/mol. The number of ether oxygens (including phenoxy) is 2. The van der Waals surface area contributed by atoms with E-state index >= 15 is 0 Å². The number of carbonyl (C=O) groups is 1. The van der Waals surface area contributed by atoms with Crippen LogP contribution in [0.25, 0.3) is 0 Å². The van der Waals surface area contributed by atoms with E-state index < -0.39 is 119 Å². The summed E-state index contributed by atoms with van der Waals surface area (Å²) >= 11 is 5.86. The van der Waals surface area contributed by atoms with Crippen molar-refractivity contribution < 1.29 is 81.2 Å². The molecule has 298 valence electrons. The second kappa shape index (κ2) is 16.9. The number of sulfonamides is 1. The van der Waals surface area contributed by atoms with Crippen LogP contribution in [0.2, 0.25) is 5.02 Å². The zero-order valence-corrected chi connectivity index (χ0v) is 28.9. The van der Waals surface area contributed by atoms with Crippen molar-refractivity contribution in [3.8, 4) is 17.2 Å². The first-order valence-electron chi connectivity index (χ1n) is 15.0. The number of amides is 1. The minimum atomic E-state index is -5.87. The summed E-state index contributed by atoms with van der Waals surface area (Å²) in [7, 11) is -5.87. The molecule has 9 nitrogen and oxygen atoms in total. The van der Waals surface area contributed by atoms with Gasteiger partial charge in [0.2, 0.25) is 21.7 Å². The number of aliphatic hydroxyl groups is 1. The number of rotatable bonds is 14. The molecule has 4 aromatic carbocycles. The number of hydrogen-bond donors (Lipinski definition) is 2. The maximum atomic E-state index is 14.9. The third kappa shape index (κ3) is 10.9. The van der Waals surface area contributed by atoms with E-state index in [1.165, 1.54) is 24.3 Å². The summed E-state index contributed by atoms with van der Waals surface area (Å²) < 4.78 is 187. The smallest absolute Gasteiger partial charge is 0.422 e. The highest BCUT2D eigenvalue weighted by molar-refractivity contribution is 7.89. The zero-order chi connectivity index (χ0) is 41.0. The molecule has 4 rings (SSSR count). The first-order chi connectivity index (χ1) is 25.5. The number of hydrogen-bond acceptors (Lipinski definition) is 7. The molecule has 0 saturated carbocycles. The number of phenols is 1. The van der Waals surface area contributed by atoms with Gasteiger partial charge in [0.25, 0.3) is 0 Å². The van der Waals surface area contributed by atoms with E-state index in [0.717, 1.165) is 30.3 Å². The largest absolute Gasteiger partial charge is 0.508 e. The number of anilines is 1. The minimum absolute atomic E-state index is 0.0204. The number of carbonyl (C=O) groups excluding carboxylic acids is 1. The molecule has 0 spiro atoms. The first-order valence-corrected chi connectivity index (χ1v) is 16.8. The fourth-order valence-corrected chi connectivity index (χ4v) is 6.39. The second-order valence-corrected chi connectivity index (χ2v) is 13.7. The van der Waals surface area contributed by atoms with Gasteiger partial charge in [0.15, 0.2) is 41.4 Å². The lowest BCUT2D eigenvalue weighted by Crippen LogP contribution is -2.43. The molecule has 0 heterocycles.